The van der Waals surface area contributed by atoms with Crippen molar-refractivity contribution in [2.75, 3.05) is 7.11 Å². The lowest BCUT2D eigenvalue weighted by atomic mass is 10.1. The highest BCUT2D eigenvalue weighted by Gasteiger charge is 2.19. The van der Waals surface area contributed by atoms with Crippen molar-refractivity contribution < 1.29 is 14.3 Å². The topological polar surface area (TPSA) is 103 Å². The summed E-state index contributed by atoms with van der Waals surface area (Å²) in [5.74, 6) is 0.390. The monoisotopic (exact) mass is 402 g/mol. The van der Waals surface area contributed by atoms with Gasteiger partial charge in [0.25, 0.3) is 5.91 Å². The molecule has 3 aromatic rings. The molecule has 2 aromatic carbocycles. The Labute approximate surface area is 152 Å². The van der Waals surface area contributed by atoms with Gasteiger partial charge in [0.1, 0.15) is 12.3 Å². The third kappa shape index (κ3) is 3.63. The molecule has 0 spiro atoms. The Morgan fingerprint density at radius 2 is 2.00 bits per heavy atom. The molecule has 1 heterocycles. The average molecular weight is 403 g/mol. The Morgan fingerprint density at radius 1 is 1.24 bits per heavy atom. The van der Waals surface area contributed by atoms with Crippen LogP contribution >= 0.6 is 15.9 Å². The third-order valence-electron chi connectivity index (χ3n) is 3.51. The van der Waals surface area contributed by atoms with E-state index in [1.54, 1.807) is 19.2 Å². The first-order valence-corrected chi connectivity index (χ1v) is 8.14. The first kappa shape index (κ1) is 17.0. The van der Waals surface area contributed by atoms with Crippen LogP contribution in [0.2, 0.25) is 0 Å². The first-order chi connectivity index (χ1) is 12.1. The van der Waals surface area contributed by atoms with Crippen molar-refractivity contribution >= 4 is 21.8 Å². The summed E-state index contributed by atoms with van der Waals surface area (Å²) in [6.45, 7) is 0.394. The Morgan fingerprint density at radius 3 is 2.68 bits per heavy atom. The fourth-order valence-corrected chi connectivity index (χ4v) is 2.89. The van der Waals surface area contributed by atoms with Crippen LogP contribution in [0.1, 0.15) is 16.1 Å². The van der Waals surface area contributed by atoms with Crippen LogP contribution in [-0.2, 0) is 6.61 Å². The Bertz CT molecular complexity index is 896. The standard InChI is InChI=1S/C17H15BrN4O3/c1-24-13-8-11(14-15(17(19)23)21-22-20-14)7-12(18)16(13)25-9-10-5-3-2-4-6-10/h2-8H,9H2,1H3,(H2,19,23)(H,20,21,22). The number of hydrogen-bond donors (Lipinski definition) is 2. The van der Waals surface area contributed by atoms with E-state index in [2.05, 4.69) is 31.3 Å². The van der Waals surface area contributed by atoms with E-state index in [1.807, 2.05) is 30.3 Å². The van der Waals surface area contributed by atoms with E-state index in [0.29, 0.717) is 33.8 Å². The predicted molar refractivity (Wildman–Crippen MR) is 95.4 cm³/mol. The minimum absolute atomic E-state index is 0.0620. The minimum Gasteiger partial charge on any atom is -0.493 e. The molecular weight excluding hydrogens is 388 g/mol. The lowest BCUT2D eigenvalue weighted by Gasteiger charge is -2.14. The number of hydrogen-bond acceptors (Lipinski definition) is 5. The van der Waals surface area contributed by atoms with E-state index >= 15 is 0 Å². The third-order valence-corrected chi connectivity index (χ3v) is 4.10. The van der Waals surface area contributed by atoms with Gasteiger partial charge in [-0.1, -0.05) is 30.3 Å². The molecule has 0 saturated heterocycles. The minimum atomic E-state index is -0.664. The second kappa shape index (κ2) is 7.35. The summed E-state index contributed by atoms with van der Waals surface area (Å²) < 4.78 is 12.0. The van der Waals surface area contributed by atoms with Gasteiger partial charge in [0, 0.05) is 5.56 Å². The van der Waals surface area contributed by atoms with Gasteiger partial charge in [-0.25, -0.2) is 0 Å². The fraction of sp³-hybridized carbons (Fsp3) is 0.118. The zero-order chi connectivity index (χ0) is 17.8. The van der Waals surface area contributed by atoms with Crippen molar-refractivity contribution in [2.45, 2.75) is 6.61 Å². The number of benzene rings is 2. The molecule has 0 saturated carbocycles. The zero-order valence-corrected chi connectivity index (χ0v) is 14.9. The molecule has 0 unspecified atom stereocenters. The number of primary amides is 1. The number of nitrogens with zero attached hydrogens (tertiary/aromatic N) is 2. The van der Waals surface area contributed by atoms with Gasteiger partial charge in [0.2, 0.25) is 0 Å². The predicted octanol–water partition coefficient (Wildman–Crippen LogP) is 2.92. The molecule has 0 aliphatic rings. The number of nitrogens with one attached hydrogen (secondary N) is 1. The van der Waals surface area contributed by atoms with E-state index in [0.717, 1.165) is 5.56 Å². The van der Waals surface area contributed by atoms with Gasteiger partial charge >= 0.3 is 0 Å². The number of carbonyl (C=O) groups excluding carboxylic acids is 1. The Kier molecular flexibility index (Phi) is 4.99. The van der Waals surface area contributed by atoms with E-state index in [-0.39, 0.29) is 5.69 Å². The molecular formula is C17H15BrN4O3. The van der Waals surface area contributed by atoms with Crippen molar-refractivity contribution in [3.8, 4) is 22.8 Å². The lowest BCUT2D eigenvalue weighted by Crippen LogP contribution is -2.12. The van der Waals surface area contributed by atoms with Crippen LogP contribution in [0.25, 0.3) is 11.3 Å². The highest BCUT2D eigenvalue weighted by molar-refractivity contribution is 9.10. The van der Waals surface area contributed by atoms with Crippen LogP contribution in [-0.4, -0.2) is 28.4 Å². The van der Waals surface area contributed by atoms with E-state index in [4.69, 9.17) is 15.2 Å². The number of nitrogens with two attached hydrogens (primary N) is 1. The highest BCUT2D eigenvalue weighted by atomic mass is 79.9. The summed E-state index contributed by atoms with van der Waals surface area (Å²) in [4.78, 5) is 11.5. The molecule has 0 radical (unpaired) electrons. The molecule has 1 aromatic heterocycles. The quantitative estimate of drug-likeness (QED) is 0.659. The van der Waals surface area contributed by atoms with Crippen molar-refractivity contribution in [1.29, 1.82) is 0 Å². The Hall–Kier alpha value is -2.87. The number of ether oxygens (including phenoxy) is 2. The van der Waals surface area contributed by atoms with Crippen molar-refractivity contribution in [3.63, 3.8) is 0 Å². The second-order valence-electron chi connectivity index (χ2n) is 5.15. The van der Waals surface area contributed by atoms with Crippen LogP contribution in [0.5, 0.6) is 11.5 Å². The summed E-state index contributed by atoms with van der Waals surface area (Å²) in [6, 6.07) is 13.3. The number of carbonyl (C=O) groups is 1. The van der Waals surface area contributed by atoms with Crippen LogP contribution in [0.3, 0.4) is 0 Å². The molecule has 0 atom stereocenters. The van der Waals surface area contributed by atoms with Gasteiger partial charge in [0.15, 0.2) is 17.2 Å². The fourth-order valence-electron chi connectivity index (χ4n) is 2.33. The Balaban J connectivity index is 1.93. The van der Waals surface area contributed by atoms with Crippen LogP contribution < -0.4 is 15.2 Å². The number of halogens is 1. The van der Waals surface area contributed by atoms with E-state index in [9.17, 15) is 4.79 Å². The summed E-state index contributed by atoms with van der Waals surface area (Å²) in [5.41, 5.74) is 7.39. The maximum absolute atomic E-state index is 11.5. The van der Waals surface area contributed by atoms with Gasteiger partial charge < -0.3 is 15.2 Å². The second-order valence-corrected chi connectivity index (χ2v) is 6.00. The van der Waals surface area contributed by atoms with E-state index < -0.39 is 5.91 Å². The number of rotatable bonds is 6. The number of H-pyrrole nitrogens is 1. The normalized spacial score (nSPS) is 10.5. The molecule has 3 rings (SSSR count). The molecule has 25 heavy (non-hydrogen) atoms. The van der Waals surface area contributed by atoms with Crippen molar-refractivity contribution in [3.05, 3.63) is 58.2 Å². The molecule has 1 amide bonds. The van der Waals surface area contributed by atoms with Gasteiger partial charge in [0.05, 0.1) is 11.6 Å². The summed E-state index contributed by atoms with van der Waals surface area (Å²) >= 11 is 3.48. The number of aromatic nitrogens is 3. The van der Waals surface area contributed by atoms with Gasteiger partial charge in [-0.3, -0.25) is 4.79 Å². The summed E-state index contributed by atoms with van der Waals surface area (Å²) in [6.07, 6.45) is 0. The van der Waals surface area contributed by atoms with Crippen LogP contribution in [0.4, 0.5) is 0 Å². The van der Waals surface area contributed by atoms with Crippen molar-refractivity contribution in [2.24, 2.45) is 5.73 Å². The molecule has 0 fully saturated rings. The van der Waals surface area contributed by atoms with Crippen LogP contribution in [0.15, 0.2) is 46.9 Å². The smallest absolute Gasteiger partial charge is 0.271 e. The SMILES string of the molecule is COc1cc(-c2n[nH]nc2C(N)=O)cc(Br)c1OCc1ccccc1. The molecule has 0 aliphatic heterocycles. The van der Waals surface area contributed by atoms with Gasteiger partial charge in [-0.15, -0.1) is 0 Å². The maximum atomic E-state index is 11.5. The highest BCUT2D eigenvalue weighted by Crippen LogP contribution is 2.40. The molecule has 0 bridgehead atoms. The molecule has 3 N–H and O–H groups in total. The lowest BCUT2D eigenvalue weighted by molar-refractivity contribution is 0.0996. The first-order valence-electron chi connectivity index (χ1n) is 7.35. The molecule has 0 aliphatic carbocycles. The number of aromatic amines is 1. The van der Waals surface area contributed by atoms with Gasteiger partial charge in [-0.2, -0.15) is 15.4 Å². The van der Waals surface area contributed by atoms with Gasteiger partial charge in [-0.05, 0) is 33.6 Å². The largest absolute Gasteiger partial charge is 0.493 e. The average Bonchev–Trinajstić information content (AvgIpc) is 3.11. The van der Waals surface area contributed by atoms with E-state index in [1.165, 1.54) is 0 Å². The van der Waals surface area contributed by atoms with Crippen molar-refractivity contribution in [1.82, 2.24) is 15.4 Å². The molecule has 128 valence electrons. The van der Waals surface area contributed by atoms with Crippen LogP contribution in [0, 0.1) is 0 Å². The molecule has 8 heteroatoms. The molecule has 7 nitrogen and oxygen atoms in total. The summed E-state index contributed by atoms with van der Waals surface area (Å²) in [7, 11) is 1.54. The summed E-state index contributed by atoms with van der Waals surface area (Å²) in [5, 5.41) is 10.2. The maximum Gasteiger partial charge on any atom is 0.271 e. The zero-order valence-electron chi connectivity index (χ0n) is 13.3. The number of amides is 1. The number of methoxy groups -OCH3 is 1.